The molecular formula is C14H21BrN2O3. The van der Waals surface area contributed by atoms with Crippen LogP contribution >= 0.6 is 15.9 Å². The van der Waals surface area contributed by atoms with Crippen LogP contribution in [0.2, 0.25) is 0 Å². The van der Waals surface area contributed by atoms with E-state index in [-0.39, 0.29) is 5.91 Å². The Labute approximate surface area is 128 Å². The Kier molecular flexibility index (Phi) is 7.40. The second kappa shape index (κ2) is 8.81. The van der Waals surface area contributed by atoms with Gasteiger partial charge < -0.3 is 20.1 Å². The fourth-order valence-corrected chi connectivity index (χ4v) is 2.24. The number of likely N-dealkylation sites (N-methyl/N-ethyl adjacent to an activating group) is 1. The molecule has 20 heavy (non-hydrogen) atoms. The molecule has 0 spiro atoms. The highest BCUT2D eigenvalue weighted by Gasteiger charge is 2.15. The number of rotatable bonds is 8. The normalized spacial score (nSPS) is 10.2. The van der Waals surface area contributed by atoms with Crippen molar-refractivity contribution < 1.29 is 14.3 Å². The SMILES string of the molecule is CCNCCNC(=O)c1cc(Br)c(OCC)c(OC)c1. The van der Waals surface area contributed by atoms with Crippen molar-refractivity contribution in [3.8, 4) is 11.5 Å². The number of benzene rings is 1. The minimum absolute atomic E-state index is 0.134. The molecule has 0 saturated carbocycles. The van der Waals surface area contributed by atoms with Gasteiger partial charge in [-0.2, -0.15) is 0 Å². The Bertz CT molecular complexity index is 452. The molecule has 1 aromatic rings. The van der Waals surface area contributed by atoms with Crippen molar-refractivity contribution in [1.82, 2.24) is 10.6 Å². The van der Waals surface area contributed by atoms with Crippen molar-refractivity contribution in [2.45, 2.75) is 13.8 Å². The Balaban J connectivity index is 2.80. The number of halogens is 1. The van der Waals surface area contributed by atoms with Gasteiger partial charge in [-0.1, -0.05) is 6.92 Å². The second-order valence-electron chi connectivity index (χ2n) is 4.03. The number of ether oxygens (including phenoxy) is 2. The number of hydrogen-bond acceptors (Lipinski definition) is 4. The van der Waals surface area contributed by atoms with Gasteiger partial charge in [-0.25, -0.2) is 0 Å². The summed E-state index contributed by atoms with van der Waals surface area (Å²) in [6, 6.07) is 3.41. The fourth-order valence-electron chi connectivity index (χ4n) is 1.68. The third kappa shape index (κ3) is 4.68. The Morgan fingerprint density at radius 1 is 1.30 bits per heavy atom. The van der Waals surface area contributed by atoms with Gasteiger partial charge in [0.1, 0.15) is 0 Å². The van der Waals surface area contributed by atoms with E-state index in [2.05, 4.69) is 26.6 Å². The molecule has 0 aliphatic rings. The van der Waals surface area contributed by atoms with E-state index in [0.29, 0.717) is 34.7 Å². The van der Waals surface area contributed by atoms with Gasteiger partial charge in [0, 0.05) is 18.7 Å². The molecule has 1 aromatic carbocycles. The molecule has 5 nitrogen and oxygen atoms in total. The molecule has 0 aliphatic heterocycles. The molecule has 6 heteroatoms. The van der Waals surface area contributed by atoms with Gasteiger partial charge in [-0.3, -0.25) is 4.79 Å². The van der Waals surface area contributed by atoms with E-state index in [1.165, 1.54) is 0 Å². The third-order valence-corrected chi connectivity index (χ3v) is 3.21. The molecule has 0 heterocycles. The molecule has 0 aromatic heterocycles. The molecule has 2 N–H and O–H groups in total. The fraction of sp³-hybridized carbons (Fsp3) is 0.500. The zero-order chi connectivity index (χ0) is 15.0. The van der Waals surface area contributed by atoms with E-state index >= 15 is 0 Å². The zero-order valence-electron chi connectivity index (χ0n) is 12.1. The highest BCUT2D eigenvalue weighted by atomic mass is 79.9. The van der Waals surface area contributed by atoms with Crippen LogP contribution in [0.4, 0.5) is 0 Å². The van der Waals surface area contributed by atoms with Crippen LogP contribution < -0.4 is 20.1 Å². The number of nitrogens with one attached hydrogen (secondary N) is 2. The second-order valence-corrected chi connectivity index (χ2v) is 4.89. The molecule has 0 fully saturated rings. The van der Waals surface area contributed by atoms with Crippen LogP contribution in [-0.4, -0.2) is 39.3 Å². The van der Waals surface area contributed by atoms with Gasteiger partial charge in [0.05, 0.1) is 18.2 Å². The molecule has 1 rings (SSSR count). The summed E-state index contributed by atoms with van der Waals surface area (Å²) in [7, 11) is 1.55. The third-order valence-electron chi connectivity index (χ3n) is 2.62. The van der Waals surface area contributed by atoms with E-state index in [1.54, 1.807) is 19.2 Å². The summed E-state index contributed by atoms with van der Waals surface area (Å²) < 4.78 is 11.5. The van der Waals surface area contributed by atoms with Crippen molar-refractivity contribution in [2.75, 3.05) is 33.4 Å². The average Bonchev–Trinajstić information content (AvgIpc) is 2.45. The van der Waals surface area contributed by atoms with Crippen molar-refractivity contribution in [3.05, 3.63) is 22.2 Å². The summed E-state index contributed by atoms with van der Waals surface area (Å²) in [5, 5.41) is 5.99. The molecule has 0 radical (unpaired) electrons. The maximum Gasteiger partial charge on any atom is 0.251 e. The van der Waals surface area contributed by atoms with Crippen LogP contribution in [0.1, 0.15) is 24.2 Å². The number of hydrogen-bond donors (Lipinski definition) is 2. The number of carbonyl (C=O) groups is 1. The Morgan fingerprint density at radius 3 is 2.65 bits per heavy atom. The first-order chi connectivity index (χ1) is 9.63. The van der Waals surface area contributed by atoms with Crippen LogP contribution in [0, 0.1) is 0 Å². The van der Waals surface area contributed by atoms with E-state index in [1.807, 2.05) is 13.8 Å². The van der Waals surface area contributed by atoms with Gasteiger partial charge >= 0.3 is 0 Å². The Morgan fingerprint density at radius 2 is 2.05 bits per heavy atom. The first kappa shape index (κ1) is 16.8. The van der Waals surface area contributed by atoms with Crippen LogP contribution in [0.3, 0.4) is 0 Å². The van der Waals surface area contributed by atoms with Crippen molar-refractivity contribution >= 4 is 21.8 Å². The monoisotopic (exact) mass is 344 g/mol. The summed E-state index contributed by atoms with van der Waals surface area (Å²) in [5.41, 5.74) is 0.536. The summed E-state index contributed by atoms with van der Waals surface area (Å²) >= 11 is 3.40. The molecule has 112 valence electrons. The molecule has 0 atom stereocenters. The van der Waals surface area contributed by atoms with Crippen LogP contribution in [0.25, 0.3) is 0 Å². The van der Waals surface area contributed by atoms with Crippen molar-refractivity contribution in [2.24, 2.45) is 0 Å². The minimum Gasteiger partial charge on any atom is -0.493 e. The summed E-state index contributed by atoms with van der Waals surface area (Å²) in [6.07, 6.45) is 0. The van der Waals surface area contributed by atoms with E-state index < -0.39 is 0 Å². The highest BCUT2D eigenvalue weighted by molar-refractivity contribution is 9.10. The van der Waals surface area contributed by atoms with Gasteiger partial charge in [-0.15, -0.1) is 0 Å². The molecule has 0 bridgehead atoms. The molecular weight excluding hydrogens is 324 g/mol. The lowest BCUT2D eigenvalue weighted by molar-refractivity contribution is 0.0953. The van der Waals surface area contributed by atoms with E-state index in [4.69, 9.17) is 9.47 Å². The zero-order valence-corrected chi connectivity index (χ0v) is 13.7. The molecule has 0 unspecified atom stereocenters. The maximum absolute atomic E-state index is 12.0. The lowest BCUT2D eigenvalue weighted by atomic mass is 10.2. The highest BCUT2D eigenvalue weighted by Crippen LogP contribution is 2.36. The smallest absolute Gasteiger partial charge is 0.251 e. The van der Waals surface area contributed by atoms with E-state index in [0.717, 1.165) is 13.1 Å². The quantitative estimate of drug-likeness (QED) is 0.709. The Hall–Kier alpha value is -1.27. The summed E-state index contributed by atoms with van der Waals surface area (Å²) in [4.78, 5) is 12.0. The first-order valence-electron chi connectivity index (χ1n) is 6.63. The van der Waals surface area contributed by atoms with Gasteiger partial charge in [-0.05, 0) is 41.5 Å². The van der Waals surface area contributed by atoms with Crippen molar-refractivity contribution in [3.63, 3.8) is 0 Å². The van der Waals surface area contributed by atoms with Crippen molar-refractivity contribution in [1.29, 1.82) is 0 Å². The van der Waals surface area contributed by atoms with Crippen LogP contribution in [0.5, 0.6) is 11.5 Å². The molecule has 1 amide bonds. The molecule has 0 saturated heterocycles. The number of methoxy groups -OCH3 is 1. The minimum atomic E-state index is -0.134. The standard InChI is InChI=1S/C14H21BrN2O3/c1-4-16-6-7-17-14(18)10-8-11(15)13(20-5-2)12(9-10)19-3/h8-9,16H,4-7H2,1-3H3,(H,17,18). The van der Waals surface area contributed by atoms with Gasteiger partial charge in [0.15, 0.2) is 11.5 Å². The summed E-state index contributed by atoms with van der Waals surface area (Å²) in [6.45, 7) is 6.67. The largest absolute Gasteiger partial charge is 0.493 e. The van der Waals surface area contributed by atoms with Crippen LogP contribution in [-0.2, 0) is 0 Å². The first-order valence-corrected chi connectivity index (χ1v) is 7.42. The van der Waals surface area contributed by atoms with Crippen LogP contribution in [0.15, 0.2) is 16.6 Å². The number of carbonyl (C=O) groups excluding carboxylic acids is 1. The predicted molar refractivity (Wildman–Crippen MR) is 82.7 cm³/mol. The topological polar surface area (TPSA) is 59.6 Å². The maximum atomic E-state index is 12.0. The summed E-state index contributed by atoms with van der Waals surface area (Å²) in [5.74, 6) is 1.02. The average molecular weight is 345 g/mol. The van der Waals surface area contributed by atoms with E-state index in [9.17, 15) is 4.79 Å². The molecule has 0 aliphatic carbocycles. The lowest BCUT2D eigenvalue weighted by Gasteiger charge is -2.13. The van der Waals surface area contributed by atoms with Gasteiger partial charge in [0.2, 0.25) is 0 Å². The lowest BCUT2D eigenvalue weighted by Crippen LogP contribution is -2.31. The number of amides is 1. The van der Waals surface area contributed by atoms with Gasteiger partial charge in [0.25, 0.3) is 5.91 Å². The predicted octanol–water partition coefficient (Wildman–Crippen LogP) is 2.20.